The van der Waals surface area contributed by atoms with E-state index in [1.807, 2.05) is 0 Å². The molecule has 1 heterocycles. The molecule has 1 aromatic heterocycles. The van der Waals surface area contributed by atoms with Crippen LogP contribution in [0.1, 0.15) is 0 Å². The number of methoxy groups -OCH3 is 1. The van der Waals surface area contributed by atoms with E-state index in [-0.39, 0.29) is 10.7 Å². The van der Waals surface area contributed by atoms with Crippen LogP contribution in [0.3, 0.4) is 0 Å². The van der Waals surface area contributed by atoms with Crippen molar-refractivity contribution in [1.82, 2.24) is 9.13 Å². The molecule has 0 aliphatic carbocycles. The minimum Gasteiger partial charge on any atom is -0.495 e. The predicted molar refractivity (Wildman–Crippen MR) is 88.0 cm³/mol. The summed E-state index contributed by atoms with van der Waals surface area (Å²) >= 11 is 6.02. The first kappa shape index (κ1) is 15.4. The van der Waals surface area contributed by atoms with Gasteiger partial charge in [0.1, 0.15) is 11.6 Å². The van der Waals surface area contributed by atoms with Gasteiger partial charge < -0.3 is 9.30 Å². The van der Waals surface area contributed by atoms with E-state index in [1.165, 1.54) is 28.4 Å². The minimum atomic E-state index is -0.436. The van der Waals surface area contributed by atoms with Crippen LogP contribution in [0, 0.1) is 5.82 Å². The molecule has 0 aliphatic heterocycles. The molecule has 0 fully saturated rings. The fourth-order valence-electron chi connectivity index (χ4n) is 2.44. The van der Waals surface area contributed by atoms with Gasteiger partial charge in [-0.15, -0.1) is 0 Å². The molecule has 0 radical (unpaired) electrons. The number of halogens is 2. The van der Waals surface area contributed by atoms with Crippen LogP contribution >= 0.6 is 11.6 Å². The molecule has 0 bridgehead atoms. The first-order chi connectivity index (χ1) is 11.0. The number of imidazole rings is 1. The van der Waals surface area contributed by atoms with Gasteiger partial charge in [-0.2, -0.15) is 0 Å². The van der Waals surface area contributed by atoms with Gasteiger partial charge in [0.2, 0.25) is 0 Å². The fraction of sp³-hybridized carbons (Fsp3) is 0.118. The van der Waals surface area contributed by atoms with Crippen molar-refractivity contribution in [1.29, 1.82) is 0 Å². The van der Waals surface area contributed by atoms with Crippen molar-refractivity contribution in [3.05, 3.63) is 70.1 Å². The molecule has 4 nitrogen and oxygen atoms in total. The van der Waals surface area contributed by atoms with E-state index in [0.717, 1.165) is 11.3 Å². The SMILES string of the molecule is COc1c(Cl)cc(F)cc1-c1ccc(-n2ccn(C)c2=O)cc1. The molecule has 0 atom stereocenters. The van der Waals surface area contributed by atoms with Gasteiger partial charge in [0.15, 0.2) is 0 Å². The standard InChI is InChI=1S/C17H14ClFN2O2/c1-20-7-8-21(17(20)22)13-5-3-11(4-6-13)14-9-12(19)10-15(18)16(14)23-2/h3-10H,1-2H3. The van der Waals surface area contributed by atoms with Gasteiger partial charge in [0.05, 0.1) is 17.8 Å². The van der Waals surface area contributed by atoms with Crippen LogP contribution in [0.5, 0.6) is 5.75 Å². The maximum atomic E-state index is 13.6. The zero-order valence-corrected chi connectivity index (χ0v) is 13.3. The highest BCUT2D eigenvalue weighted by Gasteiger charge is 2.13. The summed E-state index contributed by atoms with van der Waals surface area (Å²) in [6.07, 6.45) is 3.38. The number of nitrogens with zero attached hydrogens (tertiary/aromatic N) is 2. The van der Waals surface area contributed by atoms with Crippen molar-refractivity contribution >= 4 is 11.6 Å². The molecule has 2 aromatic carbocycles. The summed E-state index contributed by atoms with van der Waals surface area (Å²) in [5.41, 5.74) is 1.89. The van der Waals surface area contributed by atoms with E-state index in [2.05, 4.69) is 0 Å². The lowest BCUT2D eigenvalue weighted by Crippen LogP contribution is -2.20. The summed E-state index contributed by atoms with van der Waals surface area (Å²) in [6, 6.07) is 9.74. The van der Waals surface area contributed by atoms with E-state index >= 15 is 0 Å². The van der Waals surface area contributed by atoms with Crippen molar-refractivity contribution in [2.24, 2.45) is 7.05 Å². The normalized spacial score (nSPS) is 10.8. The number of hydrogen-bond donors (Lipinski definition) is 0. The molecular formula is C17H14ClFN2O2. The quantitative estimate of drug-likeness (QED) is 0.734. The van der Waals surface area contributed by atoms with Crippen LogP contribution < -0.4 is 10.4 Å². The zero-order chi connectivity index (χ0) is 16.6. The van der Waals surface area contributed by atoms with Crippen LogP contribution in [-0.4, -0.2) is 16.2 Å². The second-order valence-electron chi connectivity index (χ2n) is 5.08. The Morgan fingerprint density at radius 3 is 2.39 bits per heavy atom. The second-order valence-corrected chi connectivity index (χ2v) is 5.48. The number of hydrogen-bond acceptors (Lipinski definition) is 2. The summed E-state index contributed by atoms with van der Waals surface area (Å²) in [6.45, 7) is 0. The Morgan fingerprint density at radius 1 is 1.13 bits per heavy atom. The molecule has 0 saturated heterocycles. The molecule has 23 heavy (non-hydrogen) atoms. The molecule has 3 aromatic rings. The average Bonchev–Trinajstić information content (AvgIpc) is 2.86. The topological polar surface area (TPSA) is 36.2 Å². The van der Waals surface area contributed by atoms with Crippen molar-refractivity contribution in [2.45, 2.75) is 0 Å². The summed E-state index contributed by atoms with van der Waals surface area (Å²) in [5.74, 6) is -0.0214. The molecule has 6 heteroatoms. The third kappa shape index (κ3) is 2.75. The van der Waals surface area contributed by atoms with Crippen LogP contribution in [-0.2, 0) is 7.05 Å². The molecule has 3 rings (SSSR count). The van der Waals surface area contributed by atoms with Gasteiger partial charge in [-0.1, -0.05) is 23.7 Å². The van der Waals surface area contributed by atoms with Crippen LogP contribution in [0.2, 0.25) is 5.02 Å². The van der Waals surface area contributed by atoms with E-state index < -0.39 is 5.82 Å². The molecule has 0 amide bonds. The molecule has 0 spiro atoms. The van der Waals surface area contributed by atoms with Gasteiger partial charge in [0.25, 0.3) is 0 Å². The number of ether oxygens (including phenoxy) is 1. The highest BCUT2D eigenvalue weighted by Crippen LogP contribution is 2.37. The Hall–Kier alpha value is -2.53. The van der Waals surface area contributed by atoms with Crippen molar-refractivity contribution in [3.8, 4) is 22.6 Å². The number of benzene rings is 2. The van der Waals surface area contributed by atoms with Crippen molar-refractivity contribution in [2.75, 3.05) is 7.11 Å². The predicted octanol–water partition coefficient (Wildman–Crippen LogP) is 3.64. The van der Waals surface area contributed by atoms with Crippen LogP contribution in [0.15, 0.2) is 53.6 Å². The lowest BCUT2D eigenvalue weighted by atomic mass is 10.0. The molecule has 118 valence electrons. The second kappa shape index (κ2) is 5.93. The number of aromatic nitrogens is 2. The highest BCUT2D eigenvalue weighted by atomic mass is 35.5. The van der Waals surface area contributed by atoms with Crippen LogP contribution in [0.4, 0.5) is 4.39 Å². The van der Waals surface area contributed by atoms with Crippen molar-refractivity contribution < 1.29 is 9.13 Å². The van der Waals surface area contributed by atoms with E-state index in [4.69, 9.17) is 16.3 Å². The first-order valence-electron chi connectivity index (χ1n) is 6.89. The maximum Gasteiger partial charge on any atom is 0.332 e. The van der Waals surface area contributed by atoms with Gasteiger partial charge in [0, 0.05) is 25.0 Å². The largest absolute Gasteiger partial charge is 0.495 e. The summed E-state index contributed by atoms with van der Waals surface area (Å²) < 4.78 is 21.9. The van der Waals surface area contributed by atoms with Gasteiger partial charge in [-0.25, -0.2) is 9.18 Å². The third-order valence-corrected chi connectivity index (χ3v) is 3.90. The average molecular weight is 333 g/mol. The highest BCUT2D eigenvalue weighted by molar-refractivity contribution is 6.32. The first-order valence-corrected chi connectivity index (χ1v) is 7.27. The van der Waals surface area contributed by atoms with Gasteiger partial charge >= 0.3 is 5.69 Å². The summed E-state index contributed by atoms with van der Waals surface area (Å²) in [7, 11) is 3.17. The molecule has 0 aliphatic rings. The Bertz CT molecular complexity index is 913. The number of aryl methyl sites for hydroxylation is 1. The lowest BCUT2D eigenvalue weighted by molar-refractivity contribution is 0.415. The molecule has 0 unspecified atom stereocenters. The Morgan fingerprint density at radius 2 is 1.83 bits per heavy atom. The zero-order valence-electron chi connectivity index (χ0n) is 12.6. The molecular weight excluding hydrogens is 319 g/mol. The van der Waals surface area contributed by atoms with Crippen molar-refractivity contribution in [3.63, 3.8) is 0 Å². The molecule has 0 N–H and O–H groups in total. The summed E-state index contributed by atoms with van der Waals surface area (Å²) in [4.78, 5) is 12.0. The molecule has 0 saturated carbocycles. The van der Waals surface area contributed by atoms with E-state index in [1.54, 1.807) is 43.7 Å². The smallest absolute Gasteiger partial charge is 0.332 e. The fourth-order valence-corrected chi connectivity index (χ4v) is 2.73. The van der Waals surface area contributed by atoms with E-state index in [0.29, 0.717) is 11.3 Å². The minimum absolute atomic E-state index is 0.135. The Labute approximate surface area is 137 Å². The van der Waals surface area contributed by atoms with Crippen LogP contribution in [0.25, 0.3) is 16.8 Å². The van der Waals surface area contributed by atoms with E-state index in [9.17, 15) is 9.18 Å². The summed E-state index contributed by atoms with van der Waals surface area (Å²) in [5, 5.41) is 0.214. The maximum absolute atomic E-state index is 13.6. The Kier molecular flexibility index (Phi) is 3.96. The van der Waals surface area contributed by atoms with Gasteiger partial charge in [-0.05, 0) is 29.8 Å². The lowest BCUT2D eigenvalue weighted by Gasteiger charge is -2.11. The van der Waals surface area contributed by atoms with Gasteiger partial charge in [-0.3, -0.25) is 4.57 Å². The third-order valence-electron chi connectivity index (χ3n) is 3.62. The number of rotatable bonds is 3. The Balaban J connectivity index is 2.07. The monoisotopic (exact) mass is 332 g/mol.